The lowest BCUT2D eigenvalue weighted by molar-refractivity contribution is -0.156. The molecule has 3 fully saturated rings. The van der Waals surface area contributed by atoms with Crippen LogP contribution in [-0.2, 0) is 19.2 Å². The third-order valence-corrected chi connectivity index (χ3v) is 8.46. The van der Waals surface area contributed by atoms with Crippen LogP contribution in [0.15, 0.2) is 0 Å². The van der Waals surface area contributed by atoms with E-state index in [1.54, 1.807) is 0 Å². The maximum Gasteiger partial charge on any atom is 0.326 e. The van der Waals surface area contributed by atoms with Gasteiger partial charge in [-0.2, -0.15) is 0 Å². The highest BCUT2D eigenvalue weighted by molar-refractivity contribution is 9.12. The Morgan fingerprint density at radius 1 is 1.09 bits per heavy atom. The number of rotatable bonds is 5. The standard InChI is InChI=1S/C14H15Br2NO6/c15-10-4-3-5(11(10)16)9-8(4)12(20)17(13(9)21)6(14(22)23)1-2-7(18)19/h4-6,8-11H,1-3H2,(H,18,19)(H,22,23)/t4-,5-,6-,8-,9-,10+,11+/m1/s1. The third-order valence-electron chi connectivity index (χ3n) is 5.25. The van der Waals surface area contributed by atoms with Gasteiger partial charge in [0.25, 0.3) is 0 Å². The van der Waals surface area contributed by atoms with Crippen molar-refractivity contribution in [3.05, 3.63) is 0 Å². The molecule has 2 aliphatic carbocycles. The topological polar surface area (TPSA) is 112 Å². The summed E-state index contributed by atoms with van der Waals surface area (Å²) in [5.74, 6) is -4.39. The average Bonchev–Trinajstić information content (AvgIpc) is 3.06. The summed E-state index contributed by atoms with van der Waals surface area (Å²) in [5.41, 5.74) is 0. The van der Waals surface area contributed by atoms with Crippen LogP contribution in [0.5, 0.6) is 0 Å². The molecule has 3 aliphatic rings. The molecule has 2 amide bonds. The van der Waals surface area contributed by atoms with Gasteiger partial charge in [0.05, 0.1) is 11.8 Å². The first kappa shape index (κ1) is 16.9. The van der Waals surface area contributed by atoms with Crippen LogP contribution in [0.3, 0.4) is 0 Å². The van der Waals surface area contributed by atoms with Crippen molar-refractivity contribution in [2.75, 3.05) is 0 Å². The summed E-state index contributed by atoms with van der Waals surface area (Å²) in [6.45, 7) is 0. The van der Waals surface area contributed by atoms with E-state index in [2.05, 4.69) is 31.9 Å². The zero-order chi connectivity index (χ0) is 17.0. The van der Waals surface area contributed by atoms with Gasteiger partial charge in [-0.25, -0.2) is 4.79 Å². The molecule has 2 N–H and O–H groups in total. The molecule has 9 heteroatoms. The van der Waals surface area contributed by atoms with Crippen molar-refractivity contribution in [2.24, 2.45) is 23.7 Å². The molecule has 1 saturated heterocycles. The molecule has 3 rings (SSSR count). The third kappa shape index (κ3) is 2.43. The summed E-state index contributed by atoms with van der Waals surface area (Å²) in [4.78, 5) is 48.5. The molecular formula is C14H15Br2NO6. The molecule has 1 heterocycles. The van der Waals surface area contributed by atoms with Crippen LogP contribution in [0.25, 0.3) is 0 Å². The minimum atomic E-state index is -1.40. The lowest BCUT2D eigenvalue weighted by atomic mass is 9.81. The van der Waals surface area contributed by atoms with Gasteiger partial charge in [0, 0.05) is 16.1 Å². The number of fused-ring (bicyclic) bond motifs is 5. The van der Waals surface area contributed by atoms with Gasteiger partial charge in [0.2, 0.25) is 11.8 Å². The molecule has 0 aromatic rings. The Morgan fingerprint density at radius 2 is 1.57 bits per heavy atom. The zero-order valence-electron chi connectivity index (χ0n) is 11.9. The van der Waals surface area contributed by atoms with E-state index in [0.29, 0.717) is 0 Å². The van der Waals surface area contributed by atoms with Crippen LogP contribution < -0.4 is 0 Å². The van der Waals surface area contributed by atoms with Gasteiger partial charge in [0.1, 0.15) is 6.04 Å². The summed E-state index contributed by atoms with van der Waals surface area (Å²) < 4.78 is 0. The van der Waals surface area contributed by atoms with Gasteiger partial charge in [-0.15, -0.1) is 0 Å². The number of hydrogen-bond acceptors (Lipinski definition) is 4. The molecule has 2 saturated carbocycles. The van der Waals surface area contributed by atoms with Crippen molar-refractivity contribution in [3.8, 4) is 0 Å². The predicted octanol–water partition coefficient (Wildman–Crippen LogP) is 1.08. The Balaban J connectivity index is 1.87. The van der Waals surface area contributed by atoms with E-state index in [9.17, 15) is 24.3 Å². The molecule has 1 aliphatic heterocycles. The molecule has 2 bridgehead atoms. The van der Waals surface area contributed by atoms with Crippen LogP contribution >= 0.6 is 31.9 Å². The average molecular weight is 453 g/mol. The van der Waals surface area contributed by atoms with E-state index in [1.165, 1.54) is 0 Å². The fourth-order valence-electron chi connectivity index (χ4n) is 4.30. The lowest BCUT2D eigenvalue weighted by Crippen LogP contribution is -2.46. The number of amides is 2. The monoisotopic (exact) mass is 451 g/mol. The van der Waals surface area contributed by atoms with Gasteiger partial charge in [-0.3, -0.25) is 19.3 Å². The van der Waals surface area contributed by atoms with Gasteiger partial charge in [-0.05, 0) is 24.7 Å². The number of carbonyl (C=O) groups is 4. The Morgan fingerprint density at radius 3 is 1.96 bits per heavy atom. The Kier molecular flexibility index (Phi) is 4.29. The van der Waals surface area contributed by atoms with Gasteiger partial charge in [-0.1, -0.05) is 31.9 Å². The highest BCUT2D eigenvalue weighted by Crippen LogP contribution is 2.60. The highest BCUT2D eigenvalue weighted by Gasteiger charge is 2.67. The van der Waals surface area contributed by atoms with Crippen LogP contribution in [0.4, 0.5) is 0 Å². The molecule has 0 spiro atoms. The van der Waals surface area contributed by atoms with Crippen molar-refractivity contribution in [1.82, 2.24) is 4.90 Å². The van der Waals surface area contributed by atoms with Crippen LogP contribution in [0, 0.1) is 23.7 Å². The summed E-state index contributed by atoms with van der Waals surface area (Å²) in [6.07, 6.45) is 0.0874. The molecule has 23 heavy (non-hydrogen) atoms. The molecule has 0 aromatic heterocycles. The number of hydrogen-bond donors (Lipinski definition) is 2. The van der Waals surface area contributed by atoms with E-state index < -0.39 is 48.1 Å². The predicted molar refractivity (Wildman–Crippen MR) is 84.2 cm³/mol. The molecule has 7 nitrogen and oxygen atoms in total. The van der Waals surface area contributed by atoms with Crippen molar-refractivity contribution in [3.63, 3.8) is 0 Å². The van der Waals surface area contributed by atoms with Gasteiger partial charge in [0.15, 0.2) is 0 Å². The Bertz CT molecular complexity index is 564. The van der Waals surface area contributed by atoms with Crippen LogP contribution in [0.2, 0.25) is 0 Å². The molecule has 7 atom stereocenters. The largest absolute Gasteiger partial charge is 0.481 e. The molecule has 0 unspecified atom stereocenters. The molecule has 0 radical (unpaired) electrons. The highest BCUT2D eigenvalue weighted by atomic mass is 79.9. The van der Waals surface area contributed by atoms with E-state index in [4.69, 9.17) is 5.11 Å². The maximum atomic E-state index is 12.7. The number of carboxylic acid groups (broad SMARTS) is 2. The van der Waals surface area contributed by atoms with Crippen molar-refractivity contribution >= 4 is 55.6 Å². The second kappa shape index (κ2) is 5.84. The quantitative estimate of drug-likeness (QED) is 0.476. The summed E-state index contributed by atoms with van der Waals surface area (Å²) >= 11 is 7.11. The second-order valence-corrected chi connectivity index (χ2v) is 8.45. The number of nitrogens with zero attached hydrogens (tertiary/aromatic N) is 1. The zero-order valence-corrected chi connectivity index (χ0v) is 15.1. The minimum absolute atomic E-state index is 0.00439. The Hall–Kier alpha value is -0.960. The molecule has 0 aromatic carbocycles. The SMILES string of the molecule is O=C(O)CC[C@H](C(=O)O)N1C(=O)[C@@H]2[C@H]3C[C@@H]([C@H](Br)[C@H]3Br)[C@H]2C1=O. The number of likely N-dealkylation sites (tertiary alicyclic amines) is 1. The van der Waals surface area contributed by atoms with E-state index >= 15 is 0 Å². The normalized spacial score (nSPS) is 39.7. The van der Waals surface area contributed by atoms with Crippen molar-refractivity contribution in [2.45, 2.75) is 35.0 Å². The van der Waals surface area contributed by atoms with Crippen LogP contribution in [0.1, 0.15) is 19.3 Å². The summed E-state index contributed by atoms with van der Waals surface area (Å²) in [5, 5.41) is 18.1. The van der Waals surface area contributed by atoms with E-state index in [1.807, 2.05) is 0 Å². The second-order valence-electron chi connectivity index (χ2n) is 6.34. The van der Waals surface area contributed by atoms with Gasteiger partial charge >= 0.3 is 11.9 Å². The van der Waals surface area contributed by atoms with Crippen molar-refractivity contribution in [1.29, 1.82) is 0 Å². The first-order valence-electron chi connectivity index (χ1n) is 7.35. The number of halogens is 2. The number of carbonyl (C=O) groups excluding carboxylic acids is 2. The van der Waals surface area contributed by atoms with Crippen LogP contribution in [-0.4, -0.2) is 54.6 Å². The molecule has 126 valence electrons. The number of alkyl halides is 2. The fourth-order valence-corrected chi connectivity index (χ4v) is 6.18. The van der Waals surface area contributed by atoms with E-state index in [-0.39, 0.29) is 27.9 Å². The fraction of sp³-hybridized carbons (Fsp3) is 0.714. The first-order chi connectivity index (χ1) is 10.8. The Labute approximate surface area is 148 Å². The lowest BCUT2D eigenvalue weighted by Gasteiger charge is -2.28. The first-order valence-corrected chi connectivity index (χ1v) is 9.18. The molecular weight excluding hydrogens is 438 g/mol. The summed E-state index contributed by atoms with van der Waals surface area (Å²) in [7, 11) is 0. The number of aliphatic carboxylic acids is 2. The maximum absolute atomic E-state index is 12.7. The smallest absolute Gasteiger partial charge is 0.326 e. The number of carboxylic acids is 2. The number of imide groups is 1. The summed E-state index contributed by atoms with van der Waals surface area (Å²) in [6, 6.07) is -1.40. The minimum Gasteiger partial charge on any atom is -0.481 e. The van der Waals surface area contributed by atoms with Gasteiger partial charge < -0.3 is 10.2 Å². The van der Waals surface area contributed by atoms with Crippen molar-refractivity contribution < 1.29 is 29.4 Å². The van der Waals surface area contributed by atoms with E-state index in [0.717, 1.165) is 11.3 Å².